The number of carbonyl (C=O) groups is 4. The van der Waals surface area contributed by atoms with Crippen LogP contribution in [0.1, 0.15) is 46.3 Å². The molecule has 0 bridgehead atoms. The molecule has 0 aliphatic carbocycles. The highest BCUT2D eigenvalue weighted by molar-refractivity contribution is 6.32. The molecule has 2 aromatic carbocycles. The molecular weight excluding hydrogens is 470 g/mol. The maximum absolute atomic E-state index is 14.7. The topological polar surface area (TPSA) is 92.8 Å². The summed E-state index contributed by atoms with van der Waals surface area (Å²) in [5.74, 6) is -5.95. The number of hydrogen-bond acceptors (Lipinski definition) is 5. The maximum Gasteiger partial charge on any atom is 0.330 e. The van der Waals surface area contributed by atoms with E-state index < -0.39 is 35.6 Å². The molecule has 34 heavy (non-hydrogen) atoms. The van der Waals surface area contributed by atoms with E-state index >= 15 is 0 Å². The van der Waals surface area contributed by atoms with Crippen molar-refractivity contribution in [3.8, 4) is 5.75 Å². The summed E-state index contributed by atoms with van der Waals surface area (Å²) in [7, 11) is 1.36. The highest BCUT2D eigenvalue weighted by Gasteiger charge is 2.41. The molecule has 0 radical (unpaired) electrons. The van der Waals surface area contributed by atoms with Crippen molar-refractivity contribution in [2.45, 2.75) is 44.2 Å². The van der Waals surface area contributed by atoms with Crippen LogP contribution < -0.4 is 10.1 Å². The Bertz CT molecular complexity index is 1200. The fraction of sp³-hybridized carbons (Fsp3) is 0.333. The Morgan fingerprint density at radius 1 is 1.21 bits per heavy atom. The van der Waals surface area contributed by atoms with E-state index in [0.29, 0.717) is 16.7 Å². The first-order chi connectivity index (χ1) is 16.1. The van der Waals surface area contributed by atoms with Crippen molar-refractivity contribution in [1.29, 1.82) is 0 Å². The first kappa shape index (κ1) is 23.8. The number of benzene rings is 2. The average Bonchev–Trinajstić information content (AvgIpc) is 3.12. The van der Waals surface area contributed by atoms with Crippen molar-refractivity contribution in [2.75, 3.05) is 7.11 Å². The number of nitrogens with zero attached hydrogens (tertiary/aromatic N) is 1. The van der Waals surface area contributed by atoms with Crippen LogP contribution in [0.3, 0.4) is 0 Å². The minimum absolute atomic E-state index is 0.0173. The van der Waals surface area contributed by atoms with Gasteiger partial charge in [-0.1, -0.05) is 23.7 Å². The van der Waals surface area contributed by atoms with Crippen molar-refractivity contribution < 1.29 is 32.7 Å². The third kappa shape index (κ3) is 4.40. The van der Waals surface area contributed by atoms with Gasteiger partial charge in [-0.2, -0.15) is 8.78 Å². The van der Waals surface area contributed by atoms with Gasteiger partial charge < -0.3 is 9.64 Å². The standard InChI is InChI=1S/C24H21ClF2N2O5/c1-34-19-7-4-15(11-17(19)25)24(26,27)20(30)8-3-13-2-5-16-14(10-13)12-29(23(16)33)18-6-9-21(31)28-22(18)32/h2,4-5,7,10-11,18H,3,6,8-9,12H2,1H3,(H,28,31,32). The summed E-state index contributed by atoms with van der Waals surface area (Å²) in [5.41, 5.74) is 1.17. The van der Waals surface area contributed by atoms with Gasteiger partial charge >= 0.3 is 5.92 Å². The predicted molar refractivity (Wildman–Crippen MR) is 118 cm³/mol. The summed E-state index contributed by atoms with van der Waals surface area (Å²) in [6.07, 6.45) is 0.0339. The second-order valence-electron chi connectivity index (χ2n) is 8.24. The van der Waals surface area contributed by atoms with Crippen molar-refractivity contribution in [3.05, 3.63) is 63.7 Å². The number of Topliss-reactive ketones (excluding diaryl/α,β-unsaturated/α-hetero) is 1. The van der Waals surface area contributed by atoms with Crippen LogP contribution in [0.15, 0.2) is 36.4 Å². The van der Waals surface area contributed by atoms with Gasteiger partial charge in [-0.05, 0) is 48.2 Å². The Balaban J connectivity index is 1.43. The zero-order valence-electron chi connectivity index (χ0n) is 18.2. The number of rotatable bonds is 7. The number of halogens is 3. The number of imide groups is 1. The molecule has 2 aliphatic heterocycles. The van der Waals surface area contributed by atoms with Crippen molar-refractivity contribution >= 4 is 35.1 Å². The lowest BCUT2D eigenvalue weighted by Crippen LogP contribution is -2.52. The molecule has 0 spiro atoms. The molecule has 1 atom stereocenters. The lowest BCUT2D eigenvalue weighted by atomic mass is 9.97. The van der Waals surface area contributed by atoms with E-state index in [2.05, 4.69) is 5.32 Å². The Morgan fingerprint density at radius 2 is 1.97 bits per heavy atom. The fourth-order valence-corrected chi connectivity index (χ4v) is 4.48. The number of fused-ring (bicyclic) bond motifs is 1. The van der Waals surface area contributed by atoms with Gasteiger partial charge in [-0.25, -0.2) is 0 Å². The first-order valence-corrected chi connectivity index (χ1v) is 11.0. The molecule has 2 aromatic rings. The molecule has 7 nitrogen and oxygen atoms in total. The SMILES string of the molecule is COc1ccc(C(F)(F)C(=O)CCc2ccc3c(c2)CN(C2CCC(=O)NC2=O)C3=O)cc1Cl. The molecule has 2 heterocycles. The summed E-state index contributed by atoms with van der Waals surface area (Å²) in [4.78, 5) is 50.0. The van der Waals surface area contributed by atoms with Gasteiger partial charge in [-0.15, -0.1) is 0 Å². The summed E-state index contributed by atoms with van der Waals surface area (Å²) >= 11 is 5.92. The first-order valence-electron chi connectivity index (χ1n) is 10.6. The number of hydrogen-bond donors (Lipinski definition) is 1. The van der Waals surface area contributed by atoms with E-state index in [1.165, 1.54) is 18.1 Å². The maximum atomic E-state index is 14.7. The summed E-state index contributed by atoms with van der Waals surface area (Å²) in [6, 6.07) is 7.54. The zero-order chi connectivity index (χ0) is 24.6. The second-order valence-corrected chi connectivity index (χ2v) is 8.65. The van der Waals surface area contributed by atoms with Crippen LogP contribution in [0.4, 0.5) is 8.78 Å². The van der Waals surface area contributed by atoms with Gasteiger partial charge in [0, 0.05) is 30.5 Å². The van der Waals surface area contributed by atoms with Crippen LogP contribution in [0.2, 0.25) is 5.02 Å². The molecule has 1 N–H and O–H groups in total. The lowest BCUT2D eigenvalue weighted by Gasteiger charge is -2.29. The summed E-state index contributed by atoms with van der Waals surface area (Å²) < 4.78 is 34.3. The number of alkyl halides is 2. The smallest absolute Gasteiger partial charge is 0.330 e. The van der Waals surface area contributed by atoms with E-state index in [1.807, 2.05) is 0 Å². The number of piperidine rings is 1. The van der Waals surface area contributed by atoms with Crippen LogP contribution in [0.25, 0.3) is 0 Å². The minimum atomic E-state index is -3.72. The van der Waals surface area contributed by atoms with Gasteiger partial charge in [0.1, 0.15) is 11.8 Å². The number of ketones is 1. The molecule has 3 amide bonds. The molecule has 4 rings (SSSR count). The fourth-order valence-electron chi connectivity index (χ4n) is 4.22. The number of ether oxygens (including phenoxy) is 1. The van der Waals surface area contributed by atoms with Gasteiger partial charge in [0.25, 0.3) is 5.91 Å². The molecule has 10 heteroatoms. The lowest BCUT2D eigenvalue weighted by molar-refractivity contribution is -0.144. The van der Waals surface area contributed by atoms with Crippen molar-refractivity contribution in [2.24, 2.45) is 0 Å². The molecule has 0 aromatic heterocycles. The molecule has 178 valence electrons. The van der Waals surface area contributed by atoms with Crippen molar-refractivity contribution in [3.63, 3.8) is 0 Å². The molecule has 1 saturated heterocycles. The van der Waals surface area contributed by atoms with Crippen molar-refractivity contribution in [1.82, 2.24) is 10.2 Å². The number of carbonyl (C=O) groups excluding carboxylic acids is 4. The Hall–Kier alpha value is -3.33. The molecule has 1 fully saturated rings. The quantitative estimate of drug-likeness (QED) is 0.600. The van der Waals surface area contributed by atoms with Gasteiger partial charge in [0.15, 0.2) is 0 Å². The molecule has 2 aliphatic rings. The monoisotopic (exact) mass is 490 g/mol. The summed E-state index contributed by atoms with van der Waals surface area (Å²) in [5, 5.41) is 2.22. The Labute approximate surface area is 199 Å². The van der Waals surface area contributed by atoms with E-state index in [4.69, 9.17) is 16.3 Å². The highest BCUT2D eigenvalue weighted by Crippen LogP contribution is 2.36. The normalized spacial score (nSPS) is 18.1. The van der Waals surface area contributed by atoms with Crippen LogP contribution in [0, 0.1) is 0 Å². The number of aryl methyl sites for hydroxylation is 1. The Morgan fingerprint density at radius 3 is 2.65 bits per heavy atom. The molecule has 1 unspecified atom stereocenters. The van der Waals surface area contributed by atoms with Crippen LogP contribution >= 0.6 is 11.6 Å². The zero-order valence-corrected chi connectivity index (χ0v) is 19.0. The molecule has 0 saturated carbocycles. The van der Waals surface area contributed by atoms with Gasteiger partial charge in [0.2, 0.25) is 17.6 Å². The van der Waals surface area contributed by atoms with E-state index in [0.717, 1.165) is 12.1 Å². The summed E-state index contributed by atoms with van der Waals surface area (Å²) in [6.45, 7) is 0.169. The largest absolute Gasteiger partial charge is 0.495 e. The van der Waals surface area contributed by atoms with Crippen LogP contribution in [-0.4, -0.2) is 41.6 Å². The van der Waals surface area contributed by atoms with E-state index in [-0.39, 0.29) is 48.4 Å². The van der Waals surface area contributed by atoms with Crippen LogP contribution in [-0.2, 0) is 33.3 Å². The number of amides is 3. The van der Waals surface area contributed by atoms with Crippen LogP contribution in [0.5, 0.6) is 5.75 Å². The minimum Gasteiger partial charge on any atom is -0.495 e. The molecular formula is C24H21ClF2N2O5. The Kier molecular flexibility index (Phi) is 6.40. The average molecular weight is 491 g/mol. The van der Waals surface area contributed by atoms with Gasteiger partial charge in [0.05, 0.1) is 12.1 Å². The van der Waals surface area contributed by atoms with E-state index in [1.54, 1.807) is 18.2 Å². The van der Waals surface area contributed by atoms with E-state index in [9.17, 15) is 28.0 Å². The van der Waals surface area contributed by atoms with Gasteiger partial charge in [-0.3, -0.25) is 24.5 Å². The third-order valence-corrected chi connectivity index (χ3v) is 6.39. The second kappa shape index (κ2) is 9.13. The number of nitrogens with one attached hydrogen (secondary N) is 1. The highest BCUT2D eigenvalue weighted by atomic mass is 35.5. The predicted octanol–water partition coefficient (Wildman–Crippen LogP) is 3.40. The number of methoxy groups -OCH3 is 1. The third-order valence-electron chi connectivity index (χ3n) is 6.09.